The van der Waals surface area contributed by atoms with Crippen molar-refractivity contribution in [2.24, 2.45) is 0 Å². The Bertz CT molecular complexity index is 416. The van der Waals surface area contributed by atoms with Crippen LogP contribution in [0.4, 0.5) is 0 Å². The molecule has 0 aliphatic carbocycles. The average Bonchev–Trinajstić information content (AvgIpc) is 2.54. The molecule has 5 heteroatoms. The van der Waals surface area contributed by atoms with E-state index >= 15 is 0 Å². The Morgan fingerprint density at radius 1 is 1.33 bits per heavy atom. The van der Waals surface area contributed by atoms with E-state index in [1.54, 1.807) is 24.8 Å². The maximum Gasteiger partial charge on any atom is 0.174 e. The van der Waals surface area contributed by atoms with Gasteiger partial charge in [-0.3, -0.25) is 9.97 Å². The highest BCUT2D eigenvalue weighted by Crippen LogP contribution is 2.09. The summed E-state index contributed by atoms with van der Waals surface area (Å²) in [4.78, 5) is 13.8. The molecule has 12 heavy (non-hydrogen) atoms. The summed E-state index contributed by atoms with van der Waals surface area (Å²) in [6.07, 6.45) is 6.71. The lowest BCUT2D eigenvalue weighted by Gasteiger charge is -1.91. The van der Waals surface area contributed by atoms with Crippen molar-refractivity contribution in [3.05, 3.63) is 29.6 Å². The van der Waals surface area contributed by atoms with Crippen LogP contribution in [-0.2, 0) is 0 Å². The Hall–Kier alpha value is -1.49. The highest BCUT2D eigenvalue weighted by atomic mass is 32.1. The molecule has 4 nitrogen and oxygen atoms in total. The molecule has 0 aliphatic rings. The fourth-order valence-corrected chi connectivity index (χ4v) is 1.08. The quantitative estimate of drug-likeness (QED) is 0.651. The summed E-state index contributed by atoms with van der Waals surface area (Å²) in [7, 11) is 0. The molecule has 60 valence electrons. The second-order valence-electron chi connectivity index (χ2n) is 2.25. The first kappa shape index (κ1) is 7.17. The summed E-state index contributed by atoms with van der Waals surface area (Å²) in [5, 5.41) is 0. The van der Waals surface area contributed by atoms with Crippen molar-refractivity contribution < 1.29 is 0 Å². The highest BCUT2D eigenvalue weighted by Gasteiger charge is 1.97. The van der Waals surface area contributed by atoms with Crippen LogP contribution in [0.15, 0.2) is 24.8 Å². The SMILES string of the molecule is S=c1[nH]cc(-c2cnccn2)[nH]1. The van der Waals surface area contributed by atoms with Crippen LogP contribution in [-0.4, -0.2) is 19.9 Å². The lowest BCUT2D eigenvalue weighted by atomic mass is 10.3. The summed E-state index contributed by atoms with van der Waals surface area (Å²) in [5.41, 5.74) is 1.64. The van der Waals surface area contributed by atoms with Crippen molar-refractivity contribution >= 4 is 12.2 Å². The Kier molecular flexibility index (Phi) is 1.71. The summed E-state index contributed by atoms with van der Waals surface area (Å²) in [6, 6.07) is 0. The van der Waals surface area contributed by atoms with E-state index in [0.29, 0.717) is 4.77 Å². The Morgan fingerprint density at radius 2 is 2.25 bits per heavy atom. The van der Waals surface area contributed by atoms with Gasteiger partial charge in [0.15, 0.2) is 4.77 Å². The van der Waals surface area contributed by atoms with E-state index in [1.165, 1.54) is 0 Å². The fraction of sp³-hybridized carbons (Fsp3) is 0. The topological polar surface area (TPSA) is 57.4 Å². The molecule has 0 atom stereocenters. The first-order chi connectivity index (χ1) is 5.86. The third kappa shape index (κ3) is 1.26. The Labute approximate surface area is 73.7 Å². The summed E-state index contributed by atoms with van der Waals surface area (Å²) >= 11 is 4.87. The van der Waals surface area contributed by atoms with E-state index < -0.39 is 0 Å². The van der Waals surface area contributed by atoms with Crippen LogP contribution in [0.5, 0.6) is 0 Å². The van der Waals surface area contributed by atoms with Crippen molar-refractivity contribution in [2.45, 2.75) is 0 Å². The molecule has 0 aromatic carbocycles. The van der Waals surface area contributed by atoms with Gasteiger partial charge >= 0.3 is 0 Å². The molecule has 2 rings (SSSR count). The summed E-state index contributed by atoms with van der Waals surface area (Å²) in [6.45, 7) is 0. The van der Waals surface area contributed by atoms with E-state index in [9.17, 15) is 0 Å². The Balaban J connectivity index is 2.51. The van der Waals surface area contributed by atoms with Gasteiger partial charge in [0.1, 0.15) is 5.69 Å². The molecule has 0 spiro atoms. The summed E-state index contributed by atoms with van der Waals surface area (Å²) < 4.78 is 0.593. The van der Waals surface area contributed by atoms with E-state index in [2.05, 4.69) is 19.9 Å². The van der Waals surface area contributed by atoms with Gasteiger partial charge in [-0.25, -0.2) is 0 Å². The van der Waals surface area contributed by atoms with Gasteiger partial charge in [0, 0.05) is 18.6 Å². The van der Waals surface area contributed by atoms with Crippen molar-refractivity contribution in [1.82, 2.24) is 19.9 Å². The zero-order valence-corrected chi connectivity index (χ0v) is 6.93. The monoisotopic (exact) mass is 178 g/mol. The molecule has 2 aromatic rings. The van der Waals surface area contributed by atoms with Crippen molar-refractivity contribution in [3.63, 3.8) is 0 Å². The van der Waals surface area contributed by atoms with Crippen LogP contribution in [0.2, 0.25) is 0 Å². The minimum atomic E-state index is 0.593. The molecule has 2 heterocycles. The second kappa shape index (κ2) is 2.86. The smallest absolute Gasteiger partial charge is 0.174 e. The highest BCUT2D eigenvalue weighted by molar-refractivity contribution is 7.71. The molecule has 0 saturated carbocycles. The molecule has 2 aromatic heterocycles. The number of hydrogen-bond donors (Lipinski definition) is 2. The zero-order chi connectivity index (χ0) is 8.39. The van der Waals surface area contributed by atoms with Gasteiger partial charge in [0.25, 0.3) is 0 Å². The van der Waals surface area contributed by atoms with Crippen molar-refractivity contribution in [2.75, 3.05) is 0 Å². The standard InChI is InChI=1S/C7H6N4S/c12-7-10-4-6(11-7)5-3-8-1-2-9-5/h1-4H,(H2,10,11,12). The van der Waals surface area contributed by atoms with Gasteiger partial charge in [-0.1, -0.05) is 0 Å². The lowest BCUT2D eigenvalue weighted by Crippen LogP contribution is -1.82. The zero-order valence-electron chi connectivity index (χ0n) is 6.11. The molecule has 0 radical (unpaired) electrons. The van der Waals surface area contributed by atoms with Gasteiger partial charge in [0.2, 0.25) is 0 Å². The molecule has 0 saturated heterocycles. The number of nitrogens with zero attached hydrogens (tertiary/aromatic N) is 2. The number of aromatic nitrogens is 4. The van der Waals surface area contributed by atoms with Gasteiger partial charge in [-0.15, -0.1) is 0 Å². The van der Waals surface area contributed by atoms with Crippen LogP contribution in [0, 0.1) is 4.77 Å². The average molecular weight is 178 g/mol. The van der Waals surface area contributed by atoms with E-state index in [1.807, 2.05) is 0 Å². The van der Waals surface area contributed by atoms with E-state index in [-0.39, 0.29) is 0 Å². The molecule has 2 N–H and O–H groups in total. The minimum absolute atomic E-state index is 0.593. The third-order valence-corrected chi connectivity index (χ3v) is 1.65. The summed E-state index contributed by atoms with van der Waals surface area (Å²) in [5.74, 6) is 0. The number of nitrogens with one attached hydrogen (secondary N) is 2. The molecule has 0 aliphatic heterocycles. The molecule has 0 amide bonds. The van der Waals surface area contributed by atoms with Gasteiger partial charge in [-0.05, 0) is 12.2 Å². The van der Waals surface area contributed by atoms with Crippen LogP contribution in [0.3, 0.4) is 0 Å². The normalized spacial score (nSPS) is 10.0. The largest absolute Gasteiger partial charge is 0.337 e. The van der Waals surface area contributed by atoms with Crippen molar-refractivity contribution in [3.8, 4) is 11.4 Å². The first-order valence-corrected chi connectivity index (χ1v) is 3.81. The number of aromatic amines is 2. The molecular formula is C7H6N4S. The Morgan fingerprint density at radius 3 is 2.83 bits per heavy atom. The second-order valence-corrected chi connectivity index (χ2v) is 2.66. The molecule has 0 bridgehead atoms. The van der Waals surface area contributed by atoms with Crippen LogP contribution < -0.4 is 0 Å². The molecule has 0 unspecified atom stereocenters. The van der Waals surface area contributed by atoms with Crippen LogP contribution >= 0.6 is 12.2 Å². The van der Waals surface area contributed by atoms with Crippen LogP contribution in [0.1, 0.15) is 0 Å². The number of imidazole rings is 1. The predicted octanol–water partition coefficient (Wildman–Crippen LogP) is 1.53. The third-order valence-electron chi connectivity index (χ3n) is 1.43. The van der Waals surface area contributed by atoms with Crippen LogP contribution in [0.25, 0.3) is 11.4 Å². The minimum Gasteiger partial charge on any atom is -0.337 e. The number of hydrogen-bond acceptors (Lipinski definition) is 3. The maximum atomic E-state index is 4.87. The lowest BCUT2D eigenvalue weighted by molar-refractivity contribution is 1.18. The fourth-order valence-electron chi connectivity index (χ4n) is 0.908. The predicted molar refractivity (Wildman–Crippen MR) is 47.0 cm³/mol. The van der Waals surface area contributed by atoms with E-state index in [0.717, 1.165) is 11.4 Å². The van der Waals surface area contributed by atoms with E-state index in [4.69, 9.17) is 12.2 Å². The van der Waals surface area contributed by atoms with Gasteiger partial charge in [0.05, 0.1) is 11.9 Å². The molecule has 0 fully saturated rings. The first-order valence-electron chi connectivity index (χ1n) is 3.40. The molecular weight excluding hydrogens is 172 g/mol. The number of rotatable bonds is 1. The van der Waals surface area contributed by atoms with Gasteiger partial charge in [-0.2, -0.15) is 0 Å². The van der Waals surface area contributed by atoms with Crippen molar-refractivity contribution in [1.29, 1.82) is 0 Å². The maximum absolute atomic E-state index is 4.87. The van der Waals surface area contributed by atoms with Gasteiger partial charge < -0.3 is 9.97 Å². The number of H-pyrrole nitrogens is 2.